The van der Waals surface area contributed by atoms with Gasteiger partial charge in [-0.1, -0.05) is 30.8 Å². The third-order valence-corrected chi connectivity index (χ3v) is 6.18. The lowest BCUT2D eigenvalue weighted by Gasteiger charge is -2.32. The number of rotatable bonds is 4. The Kier molecular flexibility index (Phi) is 5.13. The molecule has 2 heterocycles. The molecule has 2 aliphatic rings. The van der Waals surface area contributed by atoms with Gasteiger partial charge in [-0.05, 0) is 49.3 Å². The maximum atomic E-state index is 12.3. The van der Waals surface area contributed by atoms with Gasteiger partial charge >= 0.3 is 0 Å². The number of nitrogens with two attached hydrogens (primary N) is 2. The van der Waals surface area contributed by atoms with Crippen LogP contribution >= 0.6 is 0 Å². The molecule has 1 unspecified atom stereocenters. The fourth-order valence-corrected chi connectivity index (χ4v) is 4.70. The number of carbonyl (C=O) groups excluding carboxylic acids is 2. The van der Waals surface area contributed by atoms with Crippen molar-refractivity contribution in [2.45, 2.75) is 44.1 Å². The molecule has 4 N–H and O–H groups in total. The third kappa shape index (κ3) is 3.52. The van der Waals surface area contributed by atoms with E-state index in [0.717, 1.165) is 32.1 Å². The Balaban J connectivity index is 1.67. The molecule has 152 valence electrons. The van der Waals surface area contributed by atoms with Crippen LogP contribution in [0.25, 0.3) is 0 Å². The lowest BCUT2D eigenvalue weighted by molar-refractivity contribution is -0.127. The highest BCUT2D eigenvalue weighted by Gasteiger charge is 2.32. The van der Waals surface area contributed by atoms with Gasteiger partial charge in [-0.15, -0.1) is 0 Å². The van der Waals surface area contributed by atoms with Crippen molar-refractivity contribution in [3.8, 4) is 0 Å². The number of nitrogen functional groups attached to an aromatic ring is 1. The highest BCUT2D eigenvalue weighted by Crippen LogP contribution is 2.36. The molecule has 0 spiro atoms. The summed E-state index contributed by atoms with van der Waals surface area (Å²) in [6.07, 6.45) is 5.68. The van der Waals surface area contributed by atoms with Crippen LogP contribution in [0.2, 0.25) is 0 Å². The number of primary amides is 1. The number of likely N-dealkylation sites (tertiary alicyclic amines) is 1. The van der Waals surface area contributed by atoms with Crippen LogP contribution in [-0.4, -0.2) is 39.6 Å². The summed E-state index contributed by atoms with van der Waals surface area (Å²) in [7, 11) is 0. The van der Waals surface area contributed by atoms with E-state index in [4.69, 9.17) is 16.6 Å². The Hall–Kier alpha value is -3.09. The molecule has 1 aliphatic heterocycles. The largest absolute Gasteiger partial charge is 0.383 e. The quantitative estimate of drug-likeness (QED) is 0.776. The smallest absolute Gasteiger partial charge is 0.254 e. The number of aromatic nitrogens is 2. The van der Waals surface area contributed by atoms with Gasteiger partial charge in [0, 0.05) is 19.0 Å². The van der Waals surface area contributed by atoms with E-state index in [-0.39, 0.29) is 17.9 Å². The Bertz CT molecular complexity index is 964. The van der Waals surface area contributed by atoms with Crippen LogP contribution in [0.15, 0.2) is 36.9 Å². The fourth-order valence-electron chi connectivity index (χ4n) is 4.70. The van der Waals surface area contributed by atoms with Crippen LogP contribution in [0.3, 0.4) is 0 Å². The van der Waals surface area contributed by atoms with Gasteiger partial charge in [0.15, 0.2) is 0 Å². The number of carbonyl (C=O) groups is 2. The zero-order chi connectivity index (χ0) is 20.5. The van der Waals surface area contributed by atoms with E-state index >= 15 is 0 Å². The predicted molar refractivity (Wildman–Crippen MR) is 111 cm³/mol. The lowest BCUT2D eigenvalue weighted by Crippen LogP contribution is -2.40. The number of piperidine rings is 1. The first-order chi connectivity index (χ1) is 14.0. The average molecular weight is 393 g/mol. The van der Waals surface area contributed by atoms with E-state index in [1.54, 1.807) is 9.58 Å². The van der Waals surface area contributed by atoms with Crippen molar-refractivity contribution in [1.29, 1.82) is 0 Å². The van der Waals surface area contributed by atoms with Crippen LogP contribution in [-0.2, 0) is 17.6 Å². The summed E-state index contributed by atoms with van der Waals surface area (Å²) in [6.45, 7) is 4.77. The molecule has 1 aromatic heterocycles. The van der Waals surface area contributed by atoms with E-state index in [2.05, 4.69) is 24.8 Å². The first kappa shape index (κ1) is 19.2. The van der Waals surface area contributed by atoms with Crippen molar-refractivity contribution in [2.24, 2.45) is 5.73 Å². The second-order valence-corrected chi connectivity index (χ2v) is 7.95. The van der Waals surface area contributed by atoms with Gasteiger partial charge in [0.1, 0.15) is 11.4 Å². The number of hydrogen-bond donors (Lipinski definition) is 2. The van der Waals surface area contributed by atoms with Crippen LogP contribution in [0.1, 0.15) is 58.4 Å². The molecule has 1 saturated heterocycles. The second kappa shape index (κ2) is 7.73. The molecule has 7 nitrogen and oxygen atoms in total. The molecule has 29 heavy (non-hydrogen) atoms. The molecular weight excluding hydrogens is 366 g/mol. The van der Waals surface area contributed by atoms with Gasteiger partial charge in [0.25, 0.3) is 5.91 Å². The fraction of sp³-hybridized carbons (Fsp3) is 0.409. The Morgan fingerprint density at radius 3 is 2.69 bits per heavy atom. The van der Waals surface area contributed by atoms with Gasteiger partial charge in [-0.3, -0.25) is 9.59 Å². The SMILES string of the molecule is C=CC(=O)N1CCC[C@@H](n2nc(C3CCc4ccccc4C3)c(C(N)=O)c2N)C1. The summed E-state index contributed by atoms with van der Waals surface area (Å²) in [5, 5.41) is 4.80. The first-order valence-electron chi connectivity index (χ1n) is 10.2. The monoisotopic (exact) mass is 393 g/mol. The molecule has 1 aromatic carbocycles. The third-order valence-electron chi connectivity index (χ3n) is 6.18. The average Bonchev–Trinajstić information content (AvgIpc) is 3.10. The molecule has 1 fully saturated rings. The molecule has 0 radical (unpaired) electrons. The molecule has 2 atom stereocenters. The van der Waals surface area contributed by atoms with Crippen LogP contribution < -0.4 is 11.5 Å². The zero-order valence-corrected chi connectivity index (χ0v) is 16.5. The van der Waals surface area contributed by atoms with Gasteiger partial charge in [0.05, 0.1) is 11.7 Å². The van der Waals surface area contributed by atoms with Crippen molar-refractivity contribution < 1.29 is 9.59 Å². The van der Waals surface area contributed by atoms with Gasteiger partial charge in [-0.2, -0.15) is 5.10 Å². The summed E-state index contributed by atoms with van der Waals surface area (Å²) in [4.78, 5) is 26.1. The van der Waals surface area contributed by atoms with E-state index in [1.807, 2.05) is 6.07 Å². The van der Waals surface area contributed by atoms with Gasteiger partial charge in [-0.25, -0.2) is 4.68 Å². The van der Waals surface area contributed by atoms with Crippen molar-refractivity contribution in [2.75, 3.05) is 18.8 Å². The van der Waals surface area contributed by atoms with Gasteiger partial charge < -0.3 is 16.4 Å². The topological polar surface area (TPSA) is 107 Å². The minimum Gasteiger partial charge on any atom is -0.383 e. The van der Waals surface area contributed by atoms with Crippen molar-refractivity contribution in [3.63, 3.8) is 0 Å². The molecule has 1 aliphatic carbocycles. The molecular formula is C22H27N5O2. The number of nitrogens with zero attached hydrogens (tertiary/aromatic N) is 3. The summed E-state index contributed by atoms with van der Waals surface area (Å²) >= 11 is 0. The van der Waals surface area contributed by atoms with E-state index < -0.39 is 5.91 Å². The normalized spacial score (nSPS) is 21.4. The highest BCUT2D eigenvalue weighted by molar-refractivity contribution is 5.98. The summed E-state index contributed by atoms with van der Waals surface area (Å²) < 4.78 is 1.72. The molecule has 0 saturated carbocycles. The van der Waals surface area contributed by atoms with Crippen LogP contribution in [0.4, 0.5) is 5.82 Å². The standard InChI is InChI=1S/C22H27N5O2/c1-2-18(28)26-11-5-8-17(13-26)27-21(23)19(22(24)29)20(25-27)16-10-9-14-6-3-4-7-15(14)12-16/h2-4,6-7,16-17H,1,5,8-13,23H2,(H2,24,29)/t16?,17-/m1/s1. The molecule has 4 rings (SSSR count). The van der Waals surface area contributed by atoms with Crippen molar-refractivity contribution in [3.05, 3.63) is 59.3 Å². The summed E-state index contributed by atoms with van der Waals surface area (Å²) in [5.74, 6) is -0.230. The van der Waals surface area contributed by atoms with Crippen LogP contribution in [0, 0.1) is 0 Å². The zero-order valence-electron chi connectivity index (χ0n) is 16.5. The van der Waals surface area contributed by atoms with E-state index in [0.29, 0.717) is 30.2 Å². The first-order valence-corrected chi connectivity index (χ1v) is 10.2. The van der Waals surface area contributed by atoms with E-state index in [9.17, 15) is 9.59 Å². The lowest BCUT2D eigenvalue weighted by atomic mass is 9.81. The van der Waals surface area contributed by atoms with Crippen molar-refractivity contribution in [1.82, 2.24) is 14.7 Å². The molecule has 7 heteroatoms. The molecule has 2 aromatic rings. The Morgan fingerprint density at radius 1 is 1.21 bits per heavy atom. The highest BCUT2D eigenvalue weighted by atomic mass is 16.2. The van der Waals surface area contributed by atoms with E-state index in [1.165, 1.54) is 17.2 Å². The minimum atomic E-state index is -0.544. The second-order valence-electron chi connectivity index (χ2n) is 7.95. The molecule has 2 amide bonds. The maximum Gasteiger partial charge on any atom is 0.254 e. The number of fused-ring (bicyclic) bond motifs is 1. The minimum absolute atomic E-state index is 0.0737. The van der Waals surface area contributed by atoms with Crippen molar-refractivity contribution >= 4 is 17.6 Å². The number of amides is 2. The van der Waals surface area contributed by atoms with Crippen LogP contribution in [0.5, 0.6) is 0 Å². The summed E-state index contributed by atoms with van der Waals surface area (Å²) in [5.41, 5.74) is 15.7. The Morgan fingerprint density at radius 2 is 1.97 bits per heavy atom. The van der Waals surface area contributed by atoms with Gasteiger partial charge in [0.2, 0.25) is 5.91 Å². The predicted octanol–water partition coefficient (Wildman–Crippen LogP) is 2.19. The number of benzene rings is 1. The maximum absolute atomic E-state index is 12.3. The Labute approximate surface area is 170 Å². The number of hydrogen-bond acceptors (Lipinski definition) is 4. The molecule has 0 bridgehead atoms. The number of anilines is 1. The summed E-state index contributed by atoms with van der Waals surface area (Å²) in [6, 6.07) is 8.30. The number of aryl methyl sites for hydroxylation is 1.